The SMILES string of the molecule is O=C(O)CCCc1ccc(C(NS(=O)(=O)c2ccc(Cl)cc2)c2ccncc2)cc1. The molecule has 0 bridgehead atoms. The van der Waals surface area contributed by atoms with Crippen LogP contribution in [0, 0.1) is 0 Å². The molecule has 6 nitrogen and oxygen atoms in total. The molecule has 1 heterocycles. The van der Waals surface area contributed by atoms with Crippen molar-refractivity contribution in [2.24, 2.45) is 0 Å². The Kier molecular flexibility index (Phi) is 7.20. The van der Waals surface area contributed by atoms with Gasteiger partial charge in [-0.3, -0.25) is 9.78 Å². The number of carbonyl (C=O) groups is 1. The number of pyridine rings is 1. The van der Waals surface area contributed by atoms with Gasteiger partial charge in [-0.15, -0.1) is 0 Å². The van der Waals surface area contributed by atoms with Gasteiger partial charge >= 0.3 is 5.97 Å². The van der Waals surface area contributed by atoms with Crippen molar-refractivity contribution in [3.05, 3.63) is 94.8 Å². The number of carboxylic acids is 1. The van der Waals surface area contributed by atoms with Crippen LogP contribution in [0.1, 0.15) is 35.6 Å². The van der Waals surface area contributed by atoms with Crippen molar-refractivity contribution >= 4 is 27.6 Å². The Bertz CT molecular complexity index is 1090. The molecule has 0 saturated carbocycles. The number of carboxylic acid groups (broad SMARTS) is 1. The molecule has 0 saturated heterocycles. The van der Waals surface area contributed by atoms with E-state index in [0.717, 1.165) is 16.7 Å². The number of aliphatic carboxylic acids is 1. The number of hydrogen-bond acceptors (Lipinski definition) is 4. The summed E-state index contributed by atoms with van der Waals surface area (Å²) in [6.45, 7) is 0. The lowest BCUT2D eigenvalue weighted by molar-refractivity contribution is -0.137. The van der Waals surface area contributed by atoms with Crippen molar-refractivity contribution in [1.82, 2.24) is 9.71 Å². The molecule has 0 radical (unpaired) electrons. The number of aryl methyl sites for hydroxylation is 1. The maximum absolute atomic E-state index is 12.9. The zero-order valence-electron chi connectivity index (χ0n) is 16.0. The van der Waals surface area contributed by atoms with E-state index in [0.29, 0.717) is 17.9 Å². The van der Waals surface area contributed by atoms with Gasteiger partial charge in [0.05, 0.1) is 10.9 Å². The Hall–Kier alpha value is -2.74. The lowest BCUT2D eigenvalue weighted by Crippen LogP contribution is -2.29. The highest BCUT2D eigenvalue weighted by molar-refractivity contribution is 7.89. The van der Waals surface area contributed by atoms with E-state index in [9.17, 15) is 13.2 Å². The summed E-state index contributed by atoms with van der Waals surface area (Å²) in [5.74, 6) is -0.819. The smallest absolute Gasteiger partial charge is 0.303 e. The minimum absolute atomic E-state index is 0.113. The summed E-state index contributed by atoms with van der Waals surface area (Å²) in [4.78, 5) is 14.8. The average Bonchev–Trinajstić information content (AvgIpc) is 2.73. The third kappa shape index (κ3) is 5.89. The number of rotatable bonds is 9. The zero-order valence-corrected chi connectivity index (χ0v) is 17.6. The first kappa shape index (κ1) is 22.0. The van der Waals surface area contributed by atoms with Gasteiger partial charge in [0.25, 0.3) is 0 Å². The molecule has 3 aromatic rings. The topological polar surface area (TPSA) is 96.4 Å². The first-order valence-corrected chi connectivity index (χ1v) is 11.2. The average molecular weight is 445 g/mol. The Balaban J connectivity index is 1.86. The van der Waals surface area contributed by atoms with Crippen LogP contribution in [0.4, 0.5) is 0 Å². The molecule has 0 fully saturated rings. The summed E-state index contributed by atoms with van der Waals surface area (Å²) in [6, 6.07) is 16.4. The van der Waals surface area contributed by atoms with Crippen LogP contribution in [0.2, 0.25) is 5.02 Å². The van der Waals surface area contributed by atoms with Gasteiger partial charge in [-0.05, 0) is 65.9 Å². The van der Waals surface area contributed by atoms with E-state index >= 15 is 0 Å². The minimum Gasteiger partial charge on any atom is -0.481 e. The van der Waals surface area contributed by atoms with Crippen LogP contribution in [-0.4, -0.2) is 24.5 Å². The second-order valence-electron chi connectivity index (χ2n) is 6.78. The van der Waals surface area contributed by atoms with E-state index in [2.05, 4.69) is 9.71 Å². The van der Waals surface area contributed by atoms with Crippen molar-refractivity contribution in [2.45, 2.75) is 30.2 Å². The molecule has 1 aromatic heterocycles. The fourth-order valence-electron chi connectivity index (χ4n) is 3.04. The number of hydrogen-bond donors (Lipinski definition) is 2. The second-order valence-corrected chi connectivity index (χ2v) is 8.93. The summed E-state index contributed by atoms with van der Waals surface area (Å²) in [7, 11) is -3.80. The molecule has 3 rings (SSSR count). The van der Waals surface area contributed by atoms with Gasteiger partial charge in [-0.25, -0.2) is 8.42 Å². The minimum atomic E-state index is -3.80. The molecular formula is C22H21ClN2O4S. The first-order chi connectivity index (χ1) is 14.3. The summed E-state index contributed by atoms with van der Waals surface area (Å²) in [6.07, 6.45) is 4.52. The van der Waals surface area contributed by atoms with Gasteiger partial charge in [-0.1, -0.05) is 35.9 Å². The van der Waals surface area contributed by atoms with Gasteiger partial charge in [0.1, 0.15) is 0 Å². The Morgan fingerprint density at radius 3 is 2.17 bits per heavy atom. The fraction of sp³-hybridized carbons (Fsp3) is 0.182. The number of nitrogens with one attached hydrogen (secondary N) is 1. The molecule has 156 valence electrons. The predicted octanol–water partition coefficient (Wildman–Crippen LogP) is 4.21. The van der Waals surface area contributed by atoms with E-state index in [-0.39, 0.29) is 11.3 Å². The molecule has 2 aromatic carbocycles. The van der Waals surface area contributed by atoms with Crippen LogP contribution >= 0.6 is 11.6 Å². The lowest BCUT2D eigenvalue weighted by Gasteiger charge is -2.20. The van der Waals surface area contributed by atoms with E-state index in [4.69, 9.17) is 16.7 Å². The van der Waals surface area contributed by atoms with Gasteiger partial charge in [0.2, 0.25) is 10.0 Å². The number of benzene rings is 2. The van der Waals surface area contributed by atoms with Crippen LogP contribution in [0.25, 0.3) is 0 Å². The van der Waals surface area contributed by atoms with Crippen LogP contribution in [0.5, 0.6) is 0 Å². The van der Waals surface area contributed by atoms with Crippen LogP contribution in [0.15, 0.2) is 78.0 Å². The molecule has 2 N–H and O–H groups in total. The van der Waals surface area contributed by atoms with E-state index in [1.165, 1.54) is 24.3 Å². The van der Waals surface area contributed by atoms with Crippen molar-refractivity contribution in [1.29, 1.82) is 0 Å². The molecule has 0 amide bonds. The highest BCUT2D eigenvalue weighted by Gasteiger charge is 2.23. The van der Waals surface area contributed by atoms with Crippen molar-refractivity contribution in [2.75, 3.05) is 0 Å². The molecule has 1 unspecified atom stereocenters. The highest BCUT2D eigenvalue weighted by Crippen LogP contribution is 2.25. The molecule has 8 heteroatoms. The van der Waals surface area contributed by atoms with Gasteiger partial charge in [-0.2, -0.15) is 4.72 Å². The normalized spacial score (nSPS) is 12.4. The Labute approximate surface area is 180 Å². The highest BCUT2D eigenvalue weighted by atomic mass is 35.5. The van der Waals surface area contributed by atoms with Gasteiger partial charge in [0, 0.05) is 23.8 Å². The number of aromatic nitrogens is 1. The Morgan fingerprint density at radius 1 is 0.967 bits per heavy atom. The summed E-state index contributed by atoms with van der Waals surface area (Å²) in [5.41, 5.74) is 2.51. The molecule has 0 aliphatic heterocycles. The predicted molar refractivity (Wildman–Crippen MR) is 115 cm³/mol. The zero-order chi connectivity index (χ0) is 21.6. The van der Waals surface area contributed by atoms with Crippen LogP contribution in [-0.2, 0) is 21.2 Å². The Morgan fingerprint density at radius 2 is 1.57 bits per heavy atom. The standard InChI is InChI=1S/C22H21ClN2O4S/c23-19-8-10-20(11-9-19)30(28,29)25-22(18-12-14-24-15-13-18)17-6-4-16(5-7-17)2-1-3-21(26)27/h4-15,22,25H,1-3H2,(H,26,27). The molecular weight excluding hydrogens is 424 g/mol. The monoisotopic (exact) mass is 444 g/mol. The largest absolute Gasteiger partial charge is 0.481 e. The van der Waals surface area contributed by atoms with Gasteiger partial charge in [0.15, 0.2) is 0 Å². The summed E-state index contributed by atoms with van der Waals surface area (Å²) < 4.78 is 28.7. The lowest BCUT2D eigenvalue weighted by atomic mass is 9.98. The number of halogens is 1. The van der Waals surface area contributed by atoms with Gasteiger partial charge < -0.3 is 5.11 Å². The van der Waals surface area contributed by atoms with Crippen molar-refractivity contribution < 1.29 is 18.3 Å². The molecule has 0 spiro atoms. The number of nitrogens with zero attached hydrogens (tertiary/aromatic N) is 1. The summed E-state index contributed by atoms with van der Waals surface area (Å²) in [5, 5.41) is 9.23. The maximum Gasteiger partial charge on any atom is 0.303 e. The number of sulfonamides is 1. The molecule has 1 atom stereocenters. The molecule has 0 aliphatic carbocycles. The van der Waals surface area contributed by atoms with Crippen LogP contribution < -0.4 is 4.72 Å². The van der Waals surface area contributed by atoms with E-state index in [1.807, 2.05) is 24.3 Å². The van der Waals surface area contributed by atoms with Crippen molar-refractivity contribution in [3.63, 3.8) is 0 Å². The quantitative estimate of drug-likeness (QED) is 0.515. The molecule has 30 heavy (non-hydrogen) atoms. The summed E-state index contributed by atoms with van der Waals surface area (Å²) >= 11 is 5.87. The maximum atomic E-state index is 12.9. The van der Waals surface area contributed by atoms with Crippen molar-refractivity contribution in [3.8, 4) is 0 Å². The molecule has 0 aliphatic rings. The van der Waals surface area contributed by atoms with Crippen LogP contribution in [0.3, 0.4) is 0 Å². The third-order valence-corrected chi connectivity index (χ3v) is 6.30. The fourth-order valence-corrected chi connectivity index (χ4v) is 4.38. The third-order valence-electron chi connectivity index (χ3n) is 4.61. The second kappa shape index (κ2) is 9.84. The van der Waals surface area contributed by atoms with E-state index < -0.39 is 22.0 Å². The first-order valence-electron chi connectivity index (χ1n) is 9.33. The van der Waals surface area contributed by atoms with E-state index in [1.54, 1.807) is 24.5 Å².